The van der Waals surface area contributed by atoms with Crippen LogP contribution in [0.1, 0.15) is 11.1 Å². The Labute approximate surface area is 389 Å². The normalized spacial score (nSPS) is 11.8. The third-order valence-electron chi connectivity index (χ3n) is 13.9. The number of nitriles is 2. The number of para-hydroxylation sites is 4. The first-order valence-corrected chi connectivity index (χ1v) is 22.6. The Morgan fingerprint density at radius 2 is 0.676 bits per heavy atom. The summed E-state index contributed by atoms with van der Waals surface area (Å²) in [5.74, 6) is 0. The maximum Gasteiger partial charge on any atom is 0.0992 e. The minimum Gasteiger partial charge on any atom is -0.307 e. The summed E-state index contributed by atoms with van der Waals surface area (Å²) in [5.41, 5.74) is 15.7. The molecule has 68 heavy (non-hydrogen) atoms. The summed E-state index contributed by atoms with van der Waals surface area (Å²) >= 11 is 0. The van der Waals surface area contributed by atoms with Gasteiger partial charge in [-0.15, -0.1) is 0 Å². The van der Waals surface area contributed by atoms with Gasteiger partial charge < -0.3 is 18.3 Å². The number of hydrogen-bond acceptors (Lipinski definition) is 3. The van der Waals surface area contributed by atoms with Crippen LogP contribution in [0.3, 0.4) is 0 Å². The van der Waals surface area contributed by atoms with Crippen LogP contribution in [0, 0.1) is 22.7 Å². The van der Waals surface area contributed by atoms with Crippen molar-refractivity contribution in [1.82, 2.24) is 23.3 Å². The largest absolute Gasteiger partial charge is 0.307 e. The van der Waals surface area contributed by atoms with Crippen LogP contribution < -0.4 is 0 Å². The summed E-state index contributed by atoms with van der Waals surface area (Å²) in [6.45, 7) is 0. The van der Waals surface area contributed by atoms with Crippen molar-refractivity contribution in [3.05, 3.63) is 224 Å². The van der Waals surface area contributed by atoms with E-state index in [1.165, 1.54) is 10.8 Å². The Balaban J connectivity index is 0.994. The van der Waals surface area contributed by atoms with Crippen LogP contribution in [0.4, 0.5) is 0 Å². The smallest absolute Gasteiger partial charge is 0.0992 e. The fraction of sp³-hybridized carbons (Fsp3) is 0. The van der Waals surface area contributed by atoms with Gasteiger partial charge in [-0.05, 0) is 84.4 Å². The first kappa shape index (κ1) is 37.7. The molecule has 9 aromatic carbocycles. The van der Waals surface area contributed by atoms with Crippen LogP contribution in [0.25, 0.3) is 121 Å². The van der Waals surface area contributed by atoms with E-state index in [1.807, 2.05) is 36.7 Å². The molecule has 0 aliphatic heterocycles. The second-order valence-electron chi connectivity index (χ2n) is 17.4. The highest BCUT2D eigenvalue weighted by molar-refractivity contribution is 6.25. The van der Waals surface area contributed by atoms with Gasteiger partial charge in [-0.3, -0.25) is 4.98 Å². The lowest BCUT2D eigenvalue weighted by Crippen LogP contribution is -2.00. The molecule has 0 spiro atoms. The summed E-state index contributed by atoms with van der Waals surface area (Å²) in [6, 6.07) is 74.9. The van der Waals surface area contributed by atoms with E-state index in [0.29, 0.717) is 11.1 Å². The number of aromatic nitrogens is 5. The highest BCUT2D eigenvalue weighted by Crippen LogP contribution is 2.44. The number of rotatable bonds is 5. The zero-order valence-corrected chi connectivity index (χ0v) is 36.3. The molecule has 0 bridgehead atoms. The van der Waals surface area contributed by atoms with Crippen LogP contribution in [0.2, 0.25) is 0 Å². The van der Waals surface area contributed by atoms with Gasteiger partial charge >= 0.3 is 0 Å². The molecule has 5 aromatic heterocycles. The molecule has 0 radical (unpaired) electrons. The van der Waals surface area contributed by atoms with Gasteiger partial charge in [0.05, 0.1) is 79.3 Å². The first-order valence-electron chi connectivity index (χ1n) is 22.6. The molecular formula is C61H35N7. The van der Waals surface area contributed by atoms with E-state index in [-0.39, 0.29) is 0 Å². The standard InChI is InChI=1S/C61H35N7/c62-34-38-19-25-48-52-29-27-50-46-15-7-9-17-54(46)65(42-11-3-1-4-12-42)58(50)60(52)67(56(48)31-38)44-23-21-40(22-24-44)41-33-45(37-64-36-41)68-57-32-39(35-63)20-26-49(57)53-30-28-51-47-16-8-10-18-55(47)66(59(51)61(53)68)43-13-5-2-6-14-43/h1-33,36-37H. The lowest BCUT2D eigenvalue weighted by molar-refractivity contribution is 1.13. The van der Waals surface area contributed by atoms with E-state index in [2.05, 4.69) is 206 Å². The average Bonchev–Trinajstić information content (AvgIpc) is 4.14. The summed E-state index contributed by atoms with van der Waals surface area (Å²) in [4.78, 5) is 4.91. The number of nitrogens with zero attached hydrogens (tertiary/aromatic N) is 7. The highest BCUT2D eigenvalue weighted by Gasteiger charge is 2.24. The van der Waals surface area contributed by atoms with Gasteiger partial charge in [-0.1, -0.05) is 121 Å². The van der Waals surface area contributed by atoms with Crippen molar-refractivity contribution in [2.75, 3.05) is 0 Å². The quantitative estimate of drug-likeness (QED) is 0.173. The van der Waals surface area contributed by atoms with Gasteiger partial charge in [0.2, 0.25) is 0 Å². The van der Waals surface area contributed by atoms with Crippen molar-refractivity contribution < 1.29 is 0 Å². The van der Waals surface area contributed by atoms with Crippen molar-refractivity contribution in [3.63, 3.8) is 0 Å². The summed E-state index contributed by atoms with van der Waals surface area (Å²) in [7, 11) is 0. The van der Waals surface area contributed by atoms with E-state index in [4.69, 9.17) is 4.98 Å². The van der Waals surface area contributed by atoms with Crippen molar-refractivity contribution in [2.45, 2.75) is 0 Å². The fourth-order valence-corrected chi connectivity index (χ4v) is 11.0. The van der Waals surface area contributed by atoms with Crippen LogP contribution in [-0.2, 0) is 0 Å². The number of hydrogen-bond donors (Lipinski definition) is 0. The molecule has 0 saturated carbocycles. The lowest BCUT2D eigenvalue weighted by atomic mass is 10.1. The van der Waals surface area contributed by atoms with Gasteiger partial charge in [-0.25, -0.2) is 0 Å². The minimum absolute atomic E-state index is 0.592. The zero-order chi connectivity index (χ0) is 45.0. The van der Waals surface area contributed by atoms with Gasteiger partial charge in [-0.2, -0.15) is 10.5 Å². The third-order valence-corrected chi connectivity index (χ3v) is 13.9. The predicted molar refractivity (Wildman–Crippen MR) is 276 cm³/mol. The maximum atomic E-state index is 10.2. The average molecular weight is 866 g/mol. The molecule has 14 rings (SSSR count). The van der Waals surface area contributed by atoms with Crippen LogP contribution in [0.15, 0.2) is 213 Å². The summed E-state index contributed by atoms with van der Waals surface area (Å²) in [5, 5.41) is 29.3. The van der Waals surface area contributed by atoms with Crippen LogP contribution >= 0.6 is 0 Å². The number of fused-ring (bicyclic) bond motifs is 14. The minimum atomic E-state index is 0.592. The molecule has 7 nitrogen and oxygen atoms in total. The monoisotopic (exact) mass is 865 g/mol. The Kier molecular flexibility index (Phi) is 7.98. The molecule has 14 aromatic rings. The third kappa shape index (κ3) is 5.30. The Morgan fingerprint density at radius 1 is 0.294 bits per heavy atom. The number of benzene rings is 9. The lowest BCUT2D eigenvalue weighted by Gasteiger charge is -2.14. The highest BCUT2D eigenvalue weighted by atomic mass is 15.1. The van der Waals surface area contributed by atoms with Gasteiger partial charge in [0.1, 0.15) is 0 Å². The molecule has 0 aliphatic rings. The Bertz CT molecular complexity index is 4500. The van der Waals surface area contributed by atoms with Crippen molar-refractivity contribution >= 4 is 87.2 Å². The van der Waals surface area contributed by atoms with Crippen molar-refractivity contribution in [3.8, 4) is 46.0 Å². The molecular weight excluding hydrogens is 831 g/mol. The number of pyridine rings is 1. The molecule has 314 valence electrons. The molecule has 0 saturated heterocycles. The summed E-state index contributed by atoms with van der Waals surface area (Å²) in [6.07, 6.45) is 3.84. The Morgan fingerprint density at radius 3 is 1.15 bits per heavy atom. The zero-order valence-electron chi connectivity index (χ0n) is 36.3. The molecule has 7 heteroatoms. The molecule has 5 heterocycles. The topological polar surface area (TPSA) is 80.2 Å². The molecule has 0 fully saturated rings. The first-order chi connectivity index (χ1) is 33.7. The van der Waals surface area contributed by atoms with Crippen LogP contribution in [-0.4, -0.2) is 23.3 Å². The van der Waals surface area contributed by atoms with Gasteiger partial charge in [0, 0.05) is 71.9 Å². The molecule has 0 N–H and O–H groups in total. The van der Waals surface area contributed by atoms with E-state index >= 15 is 0 Å². The van der Waals surface area contributed by atoms with Gasteiger partial charge in [0.15, 0.2) is 0 Å². The fourth-order valence-electron chi connectivity index (χ4n) is 11.0. The maximum absolute atomic E-state index is 10.2. The Hall–Kier alpha value is -9.69. The van der Waals surface area contributed by atoms with E-state index in [9.17, 15) is 10.5 Å². The second-order valence-corrected chi connectivity index (χ2v) is 17.4. The van der Waals surface area contributed by atoms with E-state index in [1.54, 1.807) is 0 Å². The molecule has 0 atom stereocenters. The molecule has 0 aliphatic carbocycles. The van der Waals surface area contributed by atoms with E-state index in [0.717, 1.165) is 110 Å². The molecule has 0 amide bonds. The SMILES string of the molecule is N#Cc1ccc2c3ccc4c5ccccc5n(-c5ccccc5)c4c3n(-c3ccc(-c4cncc(-n5c6cc(C#N)ccc6c6ccc7c8ccccc8n(-c8ccccc8)c7c65)c4)cc3)c2c1. The van der Waals surface area contributed by atoms with Crippen LogP contribution in [0.5, 0.6) is 0 Å². The van der Waals surface area contributed by atoms with Crippen molar-refractivity contribution in [1.29, 1.82) is 10.5 Å². The van der Waals surface area contributed by atoms with Crippen molar-refractivity contribution in [2.24, 2.45) is 0 Å². The predicted octanol–water partition coefficient (Wildman–Crippen LogP) is 14.9. The van der Waals surface area contributed by atoms with Gasteiger partial charge in [0.25, 0.3) is 0 Å². The molecule has 0 unspecified atom stereocenters. The second kappa shape index (κ2) is 14.4. The van der Waals surface area contributed by atoms with E-state index < -0.39 is 0 Å². The summed E-state index contributed by atoms with van der Waals surface area (Å²) < 4.78 is 9.36.